The zero-order valence-corrected chi connectivity index (χ0v) is 23.4. The first-order chi connectivity index (χ1) is 19.0. The number of nitrogens with zero attached hydrogens (tertiary/aromatic N) is 3. The maximum atomic E-state index is 14.8. The van der Waals surface area contributed by atoms with E-state index in [0.29, 0.717) is 28.0 Å². The molecular weight excluding hydrogens is 574 g/mol. The lowest BCUT2D eigenvalue weighted by atomic mass is 10.1. The van der Waals surface area contributed by atoms with Gasteiger partial charge in [-0.1, -0.05) is 18.0 Å². The summed E-state index contributed by atoms with van der Waals surface area (Å²) in [5.74, 6) is -4.50. The molecule has 0 aromatic heterocycles. The molecular formula is C25H31ClF2N4O7S. The fraction of sp³-hybridized carbons (Fsp3) is 0.440. The summed E-state index contributed by atoms with van der Waals surface area (Å²) < 4.78 is 67.2. The first-order valence-corrected chi connectivity index (χ1v) is 14.3. The molecule has 0 aliphatic carbocycles. The Morgan fingerprint density at radius 2 is 1.70 bits per heavy atom. The summed E-state index contributed by atoms with van der Waals surface area (Å²) in [6.07, 6.45) is 2.64. The fourth-order valence-electron chi connectivity index (χ4n) is 3.94. The number of hydroxylamine groups is 1. The van der Waals surface area contributed by atoms with Crippen molar-refractivity contribution in [2.24, 2.45) is 0 Å². The van der Waals surface area contributed by atoms with Crippen LogP contribution in [0.5, 0.6) is 11.5 Å². The van der Waals surface area contributed by atoms with E-state index < -0.39 is 57.4 Å². The molecule has 0 radical (unpaired) electrons. The molecule has 2 amide bonds. The molecule has 1 aliphatic rings. The Morgan fingerprint density at radius 1 is 1.07 bits per heavy atom. The van der Waals surface area contributed by atoms with Crippen LogP contribution in [-0.4, -0.2) is 92.7 Å². The standard InChI is InChI=1S/C25H31ClF2N4O7S/c1-30(25(34)38-14-13-31-9-3-2-4-10-31)11-12-32(17-23(33)29-35)40(36,37)20-15-21(27)24(22(28)16-20)39-19-7-5-18(26)6-8-19/h5-8,15-16,35H,2-4,9-14,17H2,1H3,(H,29,33). The molecule has 2 aromatic rings. The molecule has 2 aromatic carbocycles. The molecule has 1 saturated heterocycles. The van der Waals surface area contributed by atoms with Crippen LogP contribution in [0.1, 0.15) is 19.3 Å². The molecule has 0 saturated carbocycles. The van der Waals surface area contributed by atoms with Crippen LogP contribution in [-0.2, 0) is 19.6 Å². The van der Waals surface area contributed by atoms with E-state index in [-0.39, 0.29) is 18.9 Å². The Bertz CT molecular complexity index is 1260. The van der Waals surface area contributed by atoms with Gasteiger partial charge in [0.2, 0.25) is 10.0 Å². The van der Waals surface area contributed by atoms with Gasteiger partial charge in [0.25, 0.3) is 5.91 Å². The second-order valence-electron chi connectivity index (χ2n) is 9.08. The second-order valence-corrected chi connectivity index (χ2v) is 11.5. The van der Waals surface area contributed by atoms with E-state index >= 15 is 0 Å². The number of carbonyl (C=O) groups excluding carboxylic acids is 2. The maximum absolute atomic E-state index is 14.8. The molecule has 1 fully saturated rings. The average Bonchev–Trinajstić information content (AvgIpc) is 2.93. The van der Waals surface area contributed by atoms with Gasteiger partial charge in [-0.2, -0.15) is 4.31 Å². The van der Waals surface area contributed by atoms with Gasteiger partial charge in [-0.25, -0.2) is 27.5 Å². The van der Waals surface area contributed by atoms with Crippen LogP contribution in [0.3, 0.4) is 0 Å². The van der Waals surface area contributed by atoms with Crippen LogP contribution in [0.15, 0.2) is 41.3 Å². The average molecular weight is 605 g/mol. The topological polar surface area (TPSA) is 129 Å². The minimum Gasteiger partial charge on any atom is -0.451 e. The van der Waals surface area contributed by atoms with E-state index in [9.17, 15) is 26.8 Å². The van der Waals surface area contributed by atoms with Crippen LogP contribution in [0.25, 0.3) is 0 Å². The lowest BCUT2D eigenvalue weighted by Gasteiger charge is -2.27. The van der Waals surface area contributed by atoms with Crippen molar-refractivity contribution in [3.63, 3.8) is 0 Å². The van der Waals surface area contributed by atoms with E-state index in [1.807, 2.05) is 0 Å². The molecule has 2 N–H and O–H groups in total. The van der Waals surface area contributed by atoms with Crippen molar-refractivity contribution in [2.45, 2.75) is 24.2 Å². The van der Waals surface area contributed by atoms with E-state index in [0.717, 1.165) is 30.8 Å². The molecule has 220 valence electrons. The van der Waals surface area contributed by atoms with Crippen LogP contribution in [0, 0.1) is 11.6 Å². The third-order valence-corrected chi connectivity index (χ3v) is 8.24. The number of rotatable bonds is 12. The predicted molar refractivity (Wildman–Crippen MR) is 141 cm³/mol. The summed E-state index contributed by atoms with van der Waals surface area (Å²) in [7, 11) is -3.30. The van der Waals surface area contributed by atoms with Gasteiger partial charge < -0.3 is 14.4 Å². The number of benzene rings is 2. The molecule has 1 aliphatic heterocycles. The first kappa shape index (κ1) is 31.5. The summed E-state index contributed by atoms with van der Waals surface area (Å²) in [5.41, 5.74) is 1.32. The van der Waals surface area contributed by atoms with Crippen LogP contribution >= 0.6 is 11.6 Å². The molecule has 40 heavy (non-hydrogen) atoms. The quantitative estimate of drug-likeness (QED) is 0.278. The fourth-order valence-corrected chi connectivity index (χ4v) is 5.48. The summed E-state index contributed by atoms with van der Waals surface area (Å²) in [5, 5.41) is 9.29. The smallest absolute Gasteiger partial charge is 0.409 e. The van der Waals surface area contributed by atoms with Gasteiger partial charge >= 0.3 is 6.09 Å². The van der Waals surface area contributed by atoms with E-state index in [2.05, 4.69) is 4.90 Å². The predicted octanol–water partition coefficient (Wildman–Crippen LogP) is 3.46. The zero-order chi connectivity index (χ0) is 29.3. The van der Waals surface area contributed by atoms with Crippen molar-refractivity contribution in [1.29, 1.82) is 0 Å². The van der Waals surface area contributed by atoms with Gasteiger partial charge in [0.1, 0.15) is 12.4 Å². The Balaban J connectivity index is 1.69. The van der Waals surface area contributed by atoms with Gasteiger partial charge in [0.15, 0.2) is 17.4 Å². The minimum absolute atomic E-state index is 0.0601. The number of hydrogen-bond acceptors (Lipinski definition) is 8. The number of halogens is 3. The lowest BCUT2D eigenvalue weighted by Crippen LogP contribution is -2.44. The van der Waals surface area contributed by atoms with E-state index in [1.165, 1.54) is 43.2 Å². The number of ether oxygens (including phenoxy) is 2. The van der Waals surface area contributed by atoms with Gasteiger partial charge in [0, 0.05) is 31.7 Å². The molecule has 11 nitrogen and oxygen atoms in total. The number of likely N-dealkylation sites (tertiary alicyclic amines) is 1. The molecule has 3 rings (SSSR count). The van der Waals surface area contributed by atoms with Crippen molar-refractivity contribution >= 4 is 33.6 Å². The highest BCUT2D eigenvalue weighted by Gasteiger charge is 2.30. The number of likely N-dealkylation sites (N-methyl/N-ethyl adjacent to an activating group) is 1. The largest absolute Gasteiger partial charge is 0.451 e. The normalized spacial score (nSPS) is 14.2. The SMILES string of the molecule is CN(CCN(CC(=O)NO)S(=O)(=O)c1cc(F)c(Oc2ccc(Cl)cc2)c(F)c1)C(=O)OCCN1CCCCC1. The Labute approximate surface area is 236 Å². The molecule has 0 unspecified atom stereocenters. The number of nitrogens with one attached hydrogen (secondary N) is 1. The Kier molecular flexibility index (Phi) is 11.5. The highest BCUT2D eigenvalue weighted by atomic mass is 35.5. The van der Waals surface area contributed by atoms with Crippen molar-refractivity contribution < 1.29 is 41.5 Å². The van der Waals surface area contributed by atoms with Crippen molar-refractivity contribution in [3.8, 4) is 11.5 Å². The third kappa shape index (κ3) is 8.73. The molecule has 0 spiro atoms. The summed E-state index contributed by atoms with van der Waals surface area (Å²) >= 11 is 5.79. The number of carbonyl (C=O) groups is 2. The van der Waals surface area contributed by atoms with Gasteiger partial charge in [0.05, 0.1) is 11.4 Å². The van der Waals surface area contributed by atoms with E-state index in [1.54, 1.807) is 0 Å². The van der Waals surface area contributed by atoms with Crippen LogP contribution in [0.2, 0.25) is 5.02 Å². The Morgan fingerprint density at radius 3 is 2.30 bits per heavy atom. The first-order valence-electron chi connectivity index (χ1n) is 12.5. The minimum atomic E-state index is -4.68. The van der Waals surface area contributed by atoms with E-state index in [4.69, 9.17) is 26.3 Å². The van der Waals surface area contributed by atoms with Crippen LogP contribution < -0.4 is 10.2 Å². The van der Waals surface area contributed by atoms with Crippen molar-refractivity contribution in [2.75, 3.05) is 52.9 Å². The number of hydrogen-bond donors (Lipinski definition) is 2. The lowest BCUT2D eigenvalue weighted by molar-refractivity contribution is -0.129. The molecule has 15 heteroatoms. The maximum Gasteiger partial charge on any atom is 0.409 e. The van der Waals surface area contributed by atoms with Crippen molar-refractivity contribution in [3.05, 3.63) is 53.1 Å². The number of amides is 2. The highest BCUT2D eigenvalue weighted by Crippen LogP contribution is 2.31. The van der Waals surface area contributed by atoms with Crippen LogP contribution in [0.4, 0.5) is 13.6 Å². The summed E-state index contributed by atoms with van der Waals surface area (Å²) in [4.78, 5) is 26.7. The third-order valence-electron chi connectivity index (χ3n) is 6.17. The van der Waals surface area contributed by atoms with Gasteiger partial charge in [-0.05, 0) is 62.3 Å². The summed E-state index contributed by atoms with van der Waals surface area (Å²) in [6.45, 7) is 1.05. The molecule has 0 atom stereocenters. The monoisotopic (exact) mass is 604 g/mol. The highest BCUT2D eigenvalue weighted by molar-refractivity contribution is 7.89. The van der Waals surface area contributed by atoms with Gasteiger partial charge in [-0.15, -0.1) is 0 Å². The van der Waals surface area contributed by atoms with Crippen molar-refractivity contribution in [1.82, 2.24) is 19.6 Å². The number of piperidine rings is 1. The zero-order valence-electron chi connectivity index (χ0n) is 21.8. The molecule has 0 bridgehead atoms. The van der Waals surface area contributed by atoms with Gasteiger partial charge in [-0.3, -0.25) is 14.9 Å². The summed E-state index contributed by atoms with van der Waals surface area (Å²) in [6, 6.07) is 6.72. The second kappa shape index (κ2) is 14.6. The Hall–Kier alpha value is -3.04. The molecule has 1 heterocycles. The number of sulfonamides is 1.